The quantitative estimate of drug-likeness (QED) is 0.763. The summed E-state index contributed by atoms with van der Waals surface area (Å²) in [7, 11) is 0. The first kappa shape index (κ1) is 18.1. The molecule has 2 amide bonds. The third kappa shape index (κ3) is 4.70. The lowest BCUT2D eigenvalue weighted by Crippen LogP contribution is -2.24. The van der Waals surface area contributed by atoms with E-state index in [-0.39, 0.29) is 17.7 Å². The standard InChI is InChI=1S/C21H25N3O2/c22-14-15-9-11-17(12-10-15)21(26)24-19-8-4-7-18(13-19)23-20(25)16-5-2-1-3-6-16/h4,7-13,16H,1-3,5-6,14,22H2,(H,23,25)(H,24,26). The van der Waals surface area contributed by atoms with Gasteiger partial charge >= 0.3 is 0 Å². The van der Waals surface area contributed by atoms with Crippen molar-refractivity contribution in [2.45, 2.75) is 38.6 Å². The van der Waals surface area contributed by atoms with Gasteiger partial charge < -0.3 is 16.4 Å². The normalized spacial score (nSPS) is 14.7. The molecule has 0 unspecified atom stereocenters. The van der Waals surface area contributed by atoms with Crippen LogP contribution in [0.5, 0.6) is 0 Å². The SMILES string of the molecule is NCc1ccc(C(=O)Nc2cccc(NC(=O)C3CCCCC3)c2)cc1. The minimum atomic E-state index is -0.190. The molecule has 0 saturated heterocycles. The van der Waals surface area contributed by atoms with Gasteiger partial charge in [0.05, 0.1) is 0 Å². The van der Waals surface area contributed by atoms with Crippen LogP contribution in [0.4, 0.5) is 11.4 Å². The Balaban J connectivity index is 1.62. The fourth-order valence-corrected chi connectivity index (χ4v) is 3.28. The second kappa shape index (κ2) is 8.63. The number of hydrogen-bond donors (Lipinski definition) is 3. The molecule has 1 saturated carbocycles. The van der Waals surface area contributed by atoms with Crippen molar-refractivity contribution in [3.05, 3.63) is 59.7 Å². The smallest absolute Gasteiger partial charge is 0.255 e. The number of amides is 2. The Morgan fingerprint density at radius 2 is 1.58 bits per heavy atom. The van der Waals surface area contributed by atoms with Gasteiger partial charge in [0.15, 0.2) is 0 Å². The lowest BCUT2D eigenvalue weighted by atomic mass is 9.88. The molecule has 1 fully saturated rings. The molecule has 1 aliphatic carbocycles. The molecule has 0 aromatic heterocycles. The molecule has 2 aromatic carbocycles. The molecule has 2 aromatic rings. The highest BCUT2D eigenvalue weighted by molar-refractivity contribution is 6.04. The zero-order valence-electron chi connectivity index (χ0n) is 14.8. The summed E-state index contributed by atoms with van der Waals surface area (Å²) in [5.41, 5.74) is 8.48. The van der Waals surface area contributed by atoms with Gasteiger partial charge in [-0.15, -0.1) is 0 Å². The molecule has 0 bridgehead atoms. The van der Waals surface area contributed by atoms with E-state index < -0.39 is 0 Å². The third-order valence-corrected chi connectivity index (χ3v) is 4.82. The number of hydrogen-bond acceptors (Lipinski definition) is 3. The van der Waals surface area contributed by atoms with Gasteiger partial charge in [-0.2, -0.15) is 0 Å². The molecule has 0 radical (unpaired) electrons. The number of anilines is 2. The van der Waals surface area contributed by atoms with Gasteiger partial charge in [0.1, 0.15) is 0 Å². The molecule has 5 nitrogen and oxygen atoms in total. The molecule has 0 aliphatic heterocycles. The van der Waals surface area contributed by atoms with Gasteiger partial charge in [-0.1, -0.05) is 37.5 Å². The van der Waals surface area contributed by atoms with Crippen molar-refractivity contribution in [1.29, 1.82) is 0 Å². The summed E-state index contributed by atoms with van der Waals surface area (Å²) < 4.78 is 0. The Labute approximate surface area is 154 Å². The van der Waals surface area contributed by atoms with Gasteiger partial charge in [-0.05, 0) is 48.7 Å². The molecule has 136 valence electrons. The predicted molar refractivity (Wildman–Crippen MR) is 104 cm³/mol. The zero-order chi connectivity index (χ0) is 18.4. The first-order chi connectivity index (χ1) is 12.7. The van der Waals surface area contributed by atoms with Crippen LogP contribution in [-0.4, -0.2) is 11.8 Å². The zero-order valence-corrected chi connectivity index (χ0v) is 14.8. The Kier molecular flexibility index (Phi) is 6.02. The van der Waals surface area contributed by atoms with Crippen LogP contribution in [-0.2, 0) is 11.3 Å². The molecule has 0 spiro atoms. The number of rotatable bonds is 5. The summed E-state index contributed by atoms with van der Waals surface area (Å²) in [5, 5.41) is 5.84. The van der Waals surface area contributed by atoms with Gasteiger partial charge in [0.25, 0.3) is 5.91 Å². The largest absolute Gasteiger partial charge is 0.326 e. The average molecular weight is 351 g/mol. The summed E-state index contributed by atoms with van der Waals surface area (Å²) in [6.45, 7) is 0.449. The molecule has 26 heavy (non-hydrogen) atoms. The lowest BCUT2D eigenvalue weighted by molar-refractivity contribution is -0.120. The van der Waals surface area contributed by atoms with Gasteiger partial charge in [-0.3, -0.25) is 9.59 Å². The van der Waals surface area contributed by atoms with E-state index in [9.17, 15) is 9.59 Å². The van der Waals surface area contributed by atoms with Crippen molar-refractivity contribution in [2.75, 3.05) is 10.6 Å². The Morgan fingerprint density at radius 1 is 0.923 bits per heavy atom. The fraction of sp³-hybridized carbons (Fsp3) is 0.333. The van der Waals surface area contributed by atoms with Gasteiger partial charge in [-0.25, -0.2) is 0 Å². The second-order valence-electron chi connectivity index (χ2n) is 6.76. The van der Waals surface area contributed by atoms with E-state index in [1.807, 2.05) is 30.3 Å². The molecule has 4 N–H and O–H groups in total. The van der Waals surface area contributed by atoms with Crippen LogP contribution in [0.2, 0.25) is 0 Å². The molecular formula is C21H25N3O2. The summed E-state index contributed by atoms with van der Waals surface area (Å²) >= 11 is 0. The first-order valence-electron chi connectivity index (χ1n) is 9.17. The maximum atomic E-state index is 12.4. The highest BCUT2D eigenvalue weighted by Crippen LogP contribution is 2.25. The van der Waals surface area contributed by atoms with Crippen LogP contribution >= 0.6 is 0 Å². The van der Waals surface area contributed by atoms with E-state index in [0.717, 1.165) is 31.2 Å². The molecular weight excluding hydrogens is 326 g/mol. The number of carbonyl (C=O) groups excluding carboxylic acids is 2. The van der Waals surface area contributed by atoms with E-state index >= 15 is 0 Å². The summed E-state index contributed by atoms with van der Waals surface area (Å²) in [6.07, 6.45) is 5.38. The van der Waals surface area contributed by atoms with Crippen LogP contribution < -0.4 is 16.4 Å². The average Bonchev–Trinajstić information content (AvgIpc) is 2.69. The summed E-state index contributed by atoms with van der Waals surface area (Å²) in [5.74, 6) is -0.0158. The van der Waals surface area contributed by atoms with Gasteiger partial charge in [0.2, 0.25) is 5.91 Å². The minimum absolute atomic E-state index is 0.0746. The summed E-state index contributed by atoms with van der Waals surface area (Å²) in [4.78, 5) is 24.7. The number of nitrogens with two attached hydrogens (primary N) is 1. The van der Waals surface area contributed by atoms with Gasteiger partial charge in [0, 0.05) is 29.4 Å². The third-order valence-electron chi connectivity index (χ3n) is 4.82. The highest BCUT2D eigenvalue weighted by atomic mass is 16.2. The molecule has 5 heteroatoms. The summed E-state index contributed by atoms with van der Waals surface area (Å²) in [6, 6.07) is 14.5. The highest BCUT2D eigenvalue weighted by Gasteiger charge is 2.21. The lowest BCUT2D eigenvalue weighted by Gasteiger charge is -2.20. The van der Waals surface area contributed by atoms with Crippen molar-refractivity contribution in [3.63, 3.8) is 0 Å². The van der Waals surface area contributed by atoms with Crippen molar-refractivity contribution in [2.24, 2.45) is 11.7 Å². The van der Waals surface area contributed by atoms with E-state index in [2.05, 4.69) is 10.6 Å². The van der Waals surface area contributed by atoms with Crippen LogP contribution in [0.15, 0.2) is 48.5 Å². The molecule has 1 aliphatic rings. The van der Waals surface area contributed by atoms with Crippen molar-refractivity contribution in [1.82, 2.24) is 0 Å². The van der Waals surface area contributed by atoms with E-state index in [4.69, 9.17) is 5.73 Å². The topological polar surface area (TPSA) is 84.2 Å². The van der Waals surface area contributed by atoms with Crippen molar-refractivity contribution < 1.29 is 9.59 Å². The predicted octanol–water partition coefficient (Wildman–Crippen LogP) is 3.92. The Bertz CT molecular complexity index is 765. The monoisotopic (exact) mass is 351 g/mol. The van der Waals surface area contributed by atoms with Crippen LogP contribution in [0, 0.1) is 5.92 Å². The Morgan fingerprint density at radius 3 is 2.23 bits per heavy atom. The number of carbonyl (C=O) groups is 2. The van der Waals surface area contributed by atoms with E-state index in [0.29, 0.717) is 23.5 Å². The molecule has 0 heterocycles. The minimum Gasteiger partial charge on any atom is -0.326 e. The second-order valence-corrected chi connectivity index (χ2v) is 6.76. The van der Waals surface area contributed by atoms with Crippen LogP contribution in [0.1, 0.15) is 48.0 Å². The van der Waals surface area contributed by atoms with Crippen LogP contribution in [0.3, 0.4) is 0 Å². The molecule has 0 atom stereocenters. The Hall–Kier alpha value is -2.66. The van der Waals surface area contributed by atoms with E-state index in [1.165, 1.54) is 6.42 Å². The maximum absolute atomic E-state index is 12.4. The number of nitrogens with one attached hydrogen (secondary N) is 2. The van der Waals surface area contributed by atoms with Crippen molar-refractivity contribution in [3.8, 4) is 0 Å². The molecule has 3 rings (SSSR count). The maximum Gasteiger partial charge on any atom is 0.255 e. The van der Waals surface area contributed by atoms with Crippen LogP contribution in [0.25, 0.3) is 0 Å². The van der Waals surface area contributed by atoms with E-state index in [1.54, 1.807) is 18.2 Å². The fourth-order valence-electron chi connectivity index (χ4n) is 3.28. The van der Waals surface area contributed by atoms with Crippen molar-refractivity contribution >= 4 is 23.2 Å². The first-order valence-corrected chi connectivity index (χ1v) is 9.17. The number of benzene rings is 2.